The van der Waals surface area contributed by atoms with Crippen LogP contribution < -0.4 is 11.1 Å². The highest BCUT2D eigenvalue weighted by Crippen LogP contribution is 2.28. The largest absolute Gasteiger partial charge is 0.388 e. The van der Waals surface area contributed by atoms with Gasteiger partial charge in [-0.1, -0.05) is 0 Å². The Hall–Kier alpha value is -0.650. The van der Waals surface area contributed by atoms with Gasteiger partial charge in [-0.2, -0.15) is 0 Å². The Morgan fingerprint density at radius 3 is 2.47 bits per heavy atom. The molecule has 0 atom stereocenters. The van der Waals surface area contributed by atoms with E-state index in [0.29, 0.717) is 38.5 Å². The smallest absolute Gasteiger partial charge is 0.223 e. The number of hydrogen-bond acceptors (Lipinski definition) is 4. The van der Waals surface area contributed by atoms with Gasteiger partial charge in [0.2, 0.25) is 5.91 Å². The minimum Gasteiger partial charge on any atom is -0.388 e. The minimum atomic E-state index is -0.775. The Morgan fingerprint density at radius 2 is 1.89 bits per heavy atom. The van der Waals surface area contributed by atoms with Gasteiger partial charge < -0.3 is 20.9 Å². The molecule has 4 N–H and O–H groups in total. The fourth-order valence-corrected chi connectivity index (χ4v) is 2.98. The van der Waals surface area contributed by atoms with Crippen LogP contribution in [-0.2, 0) is 9.53 Å². The average Bonchev–Trinajstić information content (AvgIpc) is 2.46. The molecule has 2 aliphatic rings. The predicted molar refractivity (Wildman–Crippen MR) is 72.5 cm³/mol. The van der Waals surface area contributed by atoms with Crippen LogP contribution in [0, 0.1) is 11.8 Å². The lowest BCUT2D eigenvalue weighted by Gasteiger charge is -2.33. The molecule has 0 aromatic carbocycles. The molecule has 0 bridgehead atoms. The van der Waals surface area contributed by atoms with Gasteiger partial charge in [0.15, 0.2) is 0 Å². The Morgan fingerprint density at radius 1 is 1.26 bits per heavy atom. The Balaban J connectivity index is 1.72. The second-order valence-electron chi connectivity index (χ2n) is 6.01. The summed E-state index contributed by atoms with van der Waals surface area (Å²) in [5.41, 5.74) is 4.88. The van der Waals surface area contributed by atoms with Crippen LogP contribution in [0.1, 0.15) is 38.5 Å². The number of amides is 1. The third-order valence-corrected chi connectivity index (χ3v) is 4.57. The van der Waals surface area contributed by atoms with Crippen molar-refractivity contribution in [2.24, 2.45) is 17.6 Å². The van der Waals surface area contributed by atoms with Crippen molar-refractivity contribution < 1.29 is 14.6 Å². The first kappa shape index (κ1) is 14.8. The summed E-state index contributed by atoms with van der Waals surface area (Å²) in [6.45, 7) is 2.24. The van der Waals surface area contributed by atoms with E-state index in [1.807, 2.05) is 0 Å². The molecule has 1 saturated heterocycles. The first-order chi connectivity index (χ1) is 9.13. The van der Waals surface area contributed by atoms with Crippen molar-refractivity contribution in [1.82, 2.24) is 5.32 Å². The summed E-state index contributed by atoms with van der Waals surface area (Å²) in [6, 6.07) is 0. The molecule has 2 fully saturated rings. The molecular formula is C14H26N2O3. The van der Waals surface area contributed by atoms with Crippen LogP contribution in [0.5, 0.6) is 0 Å². The number of carbonyl (C=O) groups is 1. The Labute approximate surface area is 114 Å². The van der Waals surface area contributed by atoms with Crippen LogP contribution >= 0.6 is 0 Å². The second kappa shape index (κ2) is 6.68. The summed E-state index contributed by atoms with van der Waals surface area (Å²) in [7, 11) is 0. The number of rotatable bonds is 4. The van der Waals surface area contributed by atoms with Crippen LogP contribution in [0.2, 0.25) is 0 Å². The number of aliphatic hydroxyl groups is 1. The van der Waals surface area contributed by atoms with Crippen LogP contribution in [0.3, 0.4) is 0 Å². The molecule has 0 unspecified atom stereocenters. The zero-order valence-electron chi connectivity index (χ0n) is 11.6. The molecule has 0 aromatic rings. The van der Waals surface area contributed by atoms with Gasteiger partial charge in [-0.25, -0.2) is 0 Å². The molecule has 1 heterocycles. The summed E-state index contributed by atoms with van der Waals surface area (Å²) >= 11 is 0. The van der Waals surface area contributed by atoms with Crippen LogP contribution in [-0.4, -0.2) is 42.9 Å². The first-order valence-corrected chi connectivity index (χ1v) is 7.41. The molecule has 110 valence electrons. The summed E-state index contributed by atoms with van der Waals surface area (Å²) in [4.78, 5) is 12.1. The maximum Gasteiger partial charge on any atom is 0.223 e. The van der Waals surface area contributed by atoms with Gasteiger partial charge in [-0.05, 0) is 38.1 Å². The molecule has 1 saturated carbocycles. The van der Waals surface area contributed by atoms with Crippen molar-refractivity contribution in [3.63, 3.8) is 0 Å². The van der Waals surface area contributed by atoms with Gasteiger partial charge in [0.25, 0.3) is 0 Å². The van der Waals surface area contributed by atoms with Gasteiger partial charge >= 0.3 is 0 Å². The van der Waals surface area contributed by atoms with E-state index in [9.17, 15) is 9.90 Å². The highest BCUT2D eigenvalue weighted by molar-refractivity contribution is 5.78. The number of nitrogens with one attached hydrogen (secondary N) is 1. The summed E-state index contributed by atoms with van der Waals surface area (Å²) < 4.78 is 5.23. The van der Waals surface area contributed by atoms with E-state index in [2.05, 4.69) is 5.32 Å². The molecule has 1 amide bonds. The summed E-state index contributed by atoms with van der Waals surface area (Å²) in [5.74, 6) is 0.783. The first-order valence-electron chi connectivity index (χ1n) is 7.41. The third kappa shape index (κ3) is 4.16. The molecule has 19 heavy (non-hydrogen) atoms. The SMILES string of the molecule is NCC1CCC(C(=O)NCC2(O)CCOCC2)CC1. The van der Waals surface area contributed by atoms with Crippen LogP contribution in [0.15, 0.2) is 0 Å². The van der Waals surface area contributed by atoms with Crippen molar-refractivity contribution >= 4 is 5.91 Å². The molecule has 0 aromatic heterocycles. The van der Waals surface area contributed by atoms with Gasteiger partial charge in [-0.15, -0.1) is 0 Å². The third-order valence-electron chi connectivity index (χ3n) is 4.57. The molecule has 1 aliphatic heterocycles. The monoisotopic (exact) mass is 270 g/mol. The zero-order chi connectivity index (χ0) is 13.7. The van der Waals surface area contributed by atoms with Crippen LogP contribution in [0.4, 0.5) is 0 Å². The number of nitrogens with two attached hydrogens (primary N) is 1. The number of carbonyl (C=O) groups excluding carboxylic acids is 1. The number of hydrogen-bond donors (Lipinski definition) is 3. The molecule has 5 heteroatoms. The quantitative estimate of drug-likeness (QED) is 0.691. The highest BCUT2D eigenvalue weighted by Gasteiger charge is 2.32. The lowest BCUT2D eigenvalue weighted by atomic mass is 9.81. The van der Waals surface area contributed by atoms with Gasteiger partial charge in [-0.3, -0.25) is 4.79 Å². The second-order valence-corrected chi connectivity index (χ2v) is 6.01. The van der Waals surface area contributed by atoms with Crippen molar-refractivity contribution in [3.8, 4) is 0 Å². The van der Waals surface area contributed by atoms with Gasteiger partial charge in [0.1, 0.15) is 0 Å². The van der Waals surface area contributed by atoms with E-state index in [-0.39, 0.29) is 11.8 Å². The Bertz CT molecular complexity index is 295. The lowest BCUT2D eigenvalue weighted by Crippen LogP contribution is -2.48. The van der Waals surface area contributed by atoms with Gasteiger partial charge in [0.05, 0.1) is 5.60 Å². The molecule has 1 aliphatic carbocycles. The molecular weight excluding hydrogens is 244 g/mol. The van der Waals surface area contributed by atoms with E-state index in [1.165, 1.54) is 0 Å². The fourth-order valence-electron chi connectivity index (χ4n) is 2.98. The van der Waals surface area contributed by atoms with Crippen LogP contribution in [0.25, 0.3) is 0 Å². The van der Waals surface area contributed by atoms with E-state index in [0.717, 1.165) is 32.2 Å². The lowest BCUT2D eigenvalue weighted by molar-refractivity contribution is -0.129. The summed E-state index contributed by atoms with van der Waals surface area (Å²) in [6.07, 6.45) is 5.16. The molecule has 5 nitrogen and oxygen atoms in total. The van der Waals surface area contributed by atoms with E-state index >= 15 is 0 Å². The van der Waals surface area contributed by atoms with Crippen molar-refractivity contribution in [2.45, 2.75) is 44.1 Å². The predicted octanol–water partition coefficient (Wildman–Crippen LogP) is 0.409. The zero-order valence-corrected chi connectivity index (χ0v) is 11.6. The highest BCUT2D eigenvalue weighted by atomic mass is 16.5. The Kier molecular flexibility index (Phi) is 5.19. The summed E-state index contributed by atoms with van der Waals surface area (Å²) in [5, 5.41) is 13.2. The maximum absolute atomic E-state index is 12.1. The fraction of sp³-hybridized carbons (Fsp3) is 0.929. The van der Waals surface area contributed by atoms with E-state index in [1.54, 1.807) is 0 Å². The average molecular weight is 270 g/mol. The molecule has 2 rings (SSSR count). The maximum atomic E-state index is 12.1. The molecule has 0 spiro atoms. The van der Waals surface area contributed by atoms with Gasteiger partial charge in [0, 0.05) is 38.5 Å². The van der Waals surface area contributed by atoms with E-state index < -0.39 is 5.60 Å². The van der Waals surface area contributed by atoms with Crippen molar-refractivity contribution in [2.75, 3.05) is 26.3 Å². The van der Waals surface area contributed by atoms with Crippen molar-refractivity contribution in [1.29, 1.82) is 0 Å². The number of ether oxygens (including phenoxy) is 1. The van der Waals surface area contributed by atoms with E-state index in [4.69, 9.17) is 10.5 Å². The molecule has 0 radical (unpaired) electrons. The standard InChI is InChI=1S/C14H26N2O3/c15-9-11-1-3-12(4-2-11)13(17)16-10-14(18)5-7-19-8-6-14/h11-12,18H,1-10,15H2,(H,16,17). The van der Waals surface area contributed by atoms with Crippen molar-refractivity contribution in [3.05, 3.63) is 0 Å². The normalized spacial score (nSPS) is 30.8. The minimum absolute atomic E-state index is 0.0930. The topological polar surface area (TPSA) is 84.6 Å².